The van der Waals surface area contributed by atoms with Crippen LogP contribution in [0.1, 0.15) is 36.5 Å². The van der Waals surface area contributed by atoms with Gasteiger partial charge in [-0.1, -0.05) is 23.8 Å². The molecule has 0 atom stereocenters. The van der Waals surface area contributed by atoms with Crippen molar-refractivity contribution in [1.29, 1.82) is 0 Å². The molecule has 104 valence electrons. The third-order valence-electron chi connectivity index (χ3n) is 3.34. The number of rotatable bonds is 6. The highest BCUT2D eigenvalue weighted by atomic mass is 16.2. The van der Waals surface area contributed by atoms with Gasteiger partial charge in [0.1, 0.15) is 5.78 Å². The van der Waals surface area contributed by atoms with Crippen molar-refractivity contribution in [2.24, 2.45) is 0 Å². The highest BCUT2D eigenvalue weighted by molar-refractivity contribution is 5.83. The monoisotopic (exact) mass is 261 g/mol. The number of carbonyl (C=O) groups excluding carboxylic acids is 2. The molecular weight excluding hydrogens is 238 g/mol. The molecule has 3 nitrogen and oxygen atoms in total. The Hall–Kier alpha value is -1.64. The molecule has 0 N–H and O–H groups in total. The number of benzene rings is 1. The number of likely N-dealkylation sites (N-methyl/N-ethyl adjacent to an activating group) is 1. The minimum atomic E-state index is 0.0421. The largest absolute Gasteiger partial charge is 0.345 e. The van der Waals surface area contributed by atoms with Crippen LogP contribution in [0.5, 0.6) is 0 Å². The minimum absolute atomic E-state index is 0.0421. The highest BCUT2D eigenvalue weighted by Gasteiger charge is 2.10. The molecule has 1 aromatic carbocycles. The van der Waals surface area contributed by atoms with Gasteiger partial charge in [-0.05, 0) is 38.3 Å². The van der Waals surface area contributed by atoms with E-state index in [0.29, 0.717) is 19.4 Å². The van der Waals surface area contributed by atoms with Crippen molar-refractivity contribution in [3.05, 3.63) is 34.9 Å². The van der Waals surface area contributed by atoms with Crippen molar-refractivity contribution in [1.82, 2.24) is 4.90 Å². The van der Waals surface area contributed by atoms with E-state index < -0.39 is 0 Å². The summed E-state index contributed by atoms with van der Waals surface area (Å²) < 4.78 is 0. The summed E-state index contributed by atoms with van der Waals surface area (Å²) in [5.74, 6) is 0.108. The van der Waals surface area contributed by atoms with Crippen LogP contribution in [0, 0.1) is 13.8 Å². The first kappa shape index (κ1) is 15.4. The van der Waals surface area contributed by atoms with Gasteiger partial charge in [-0.25, -0.2) is 0 Å². The molecule has 0 aliphatic heterocycles. The topological polar surface area (TPSA) is 37.4 Å². The first-order valence-corrected chi connectivity index (χ1v) is 6.69. The van der Waals surface area contributed by atoms with Gasteiger partial charge in [-0.15, -0.1) is 0 Å². The smallest absolute Gasteiger partial charge is 0.222 e. The van der Waals surface area contributed by atoms with Gasteiger partial charge in [0.15, 0.2) is 0 Å². The van der Waals surface area contributed by atoms with Crippen LogP contribution in [0.2, 0.25) is 0 Å². The number of nitrogens with zero attached hydrogens (tertiary/aromatic N) is 1. The zero-order chi connectivity index (χ0) is 14.4. The van der Waals surface area contributed by atoms with Crippen molar-refractivity contribution in [2.75, 3.05) is 13.6 Å². The zero-order valence-corrected chi connectivity index (χ0v) is 12.3. The van der Waals surface area contributed by atoms with Crippen LogP contribution in [0.25, 0.3) is 0 Å². The predicted octanol–water partition coefficient (Wildman–Crippen LogP) is 2.67. The van der Waals surface area contributed by atoms with E-state index in [1.54, 1.807) is 11.9 Å². The maximum Gasteiger partial charge on any atom is 0.222 e. The Balaban J connectivity index is 2.49. The zero-order valence-electron chi connectivity index (χ0n) is 12.3. The second-order valence-corrected chi connectivity index (χ2v) is 5.20. The van der Waals surface area contributed by atoms with E-state index in [4.69, 9.17) is 0 Å². The van der Waals surface area contributed by atoms with Crippen LogP contribution >= 0.6 is 0 Å². The first-order valence-electron chi connectivity index (χ1n) is 6.69. The average Bonchev–Trinajstić information content (AvgIpc) is 2.36. The molecule has 0 aliphatic rings. The SMILES string of the molecule is CC(=O)CCC(=O)N(C)CCc1cc(C)ccc1C. The van der Waals surface area contributed by atoms with Crippen LogP contribution < -0.4 is 0 Å². The van der Waals surface area contributed by atoms with Crippen molar-refractivity contribution in [3.63, 3.8) is 0 Å². The quantitative estimate of drug-likeness (QED) is 0.789. The lowest BCUT2D eigenvalue weighted by Gasteiger charge is -2.17. The summed E-state index contributed by atoms with van der Waals surface area (Å²) in [7, 11) is 1.80. The van der Waals surface area contributed by atoms with Crippen molar-refractivity contribution in [3.8, 4) is 0 Å². The van der Waals surface area contributed by atoms with Crippen LogP contribution in [-0.2, 0) is 16.0 Å². The van der Waals surface area contributed by atoms with Gasteiger partial charge >= 0.3 is 0 Å². The molecule has 0 saturated carbocycles. The summed E-state index contributed by atoms with van der Waals surface area (Å²) in [6, 6.07) is 6.38. The maximum absolute atomic E-state index is 11.8. The van der Waals surface area contributed by atoms with Crippen LogP contribution in [0.4, 0.5) is 0 Å². The molecule has 0 bridgehead atoms. The van der Waals surface area contributed by atoms with E-state index in [1.165, 1.54) is 23.6 Å². The Labute approximate surface area is 115 Å². The number of carbonyl (C=O) groups is 2. The molecule has 0 aliphatic carbocycles. The fourth-order valence-corrected chi connectivity index (χ4v) is 1.96. The van der Waals surface area contributed by atoms with E-state index in [1.807, 2.05) is 0 Å². The third kappa shape index (κ3) is 5.25. The lowest BCUT2D eigenvalue weighted by molar-refractivity contribution is -0.131. The standard InChI is InChI=1S/C16H23NO2/c1-12-5-6-13(2)15(11-12)9-10-17(4)16(19)8-7-14(3)18/h5-6,11H,7-10H2,1-4H3. The molecule has 3 heteroatoms. The van der Waals surface area contributed by atoms with Crippen molar-refractivity contribution >= 4 is 11.7 Å². The summed E-state index contributed by atoms with van der Waals surface area (Å²) in [5, 5.41) is 0. The summed E-state index contributed by atoms with van der Waals surface area (Å²) in [6.45, 7) is 6.38. The Kier molecular flexibility index (Phi) is 5.74. The lowest BCUT2D eigenvalue weighted by atomic mass is 10.0. The number of Topliss-reactive ketones (excluding diaryl/α,β-unsaturated/α-hetero) is 1. The van der Waals surface area contributed by atoms with Crippen molar-refractivity contribution in [2.45, 2.75) is 40.0 Å². The summed E-state index contributed by atoms with van der Waals surface area (Å²) in [4.78, 5) is 24.4. The second kappa shape index (κ2) is 7.07. The van der Waals surface area contributed by atoms with Crippen LogP contribution in [0.3, 0.4) is 0 Å². The highest BCUT2D eigenvalue weighted by Crippen LogP contribution is 2.12. The third-order valence-corrected chi connectivity index (χ3v) is 3.34. The molecule has 1 amide bonds. The van der Waals surface area contributed by atoms with Gasteiger partial charge in [-0.3, -0.25) is 4.79 Å². The Morgan fingerprint density at radius 2 is 1.84 bits per heavy atom. The average molecular weight is 261 g/mol. The van der Waals surface area contributed by atoms with Gasteiger partial charge in [-0.2, -0.15) is 0 Å². The Bertz CT molecular complexity index is 466. The predicted molar refractivity (Wildman–Crippen MR) is 77.2 cm³/mol. The van der Waals surface area contributed by atoms with E-state index >= 15 is 0 Å². The minimum Gasteiger partial charge on any atom is -0.345 e. The molecule has 1 rings (SSSR count). The number of ketones is 1. The second-order valence-electron chi connectivity index (χ2n) is 5.20. The van der Waals surface area contributed by atoms with Gasteiger partial charge in [0.2, 0.25) is 5.91 Å². The normalized spacial score (nSPS) is 10.3. The van der Waals surface area contributed by atoms with Gasteiger partial charge < -0.3 is 9.69 Å². The van der Waals surface area contributed by atoms with Gasteiger partial charge in [0.05, 0.1) is 0 Å². The summed E-state index contributed by atoms with van der Waals surface area (Å²) in [6.07, 6.45) is 1.51. The Morgan fingerprint density at radius 1 is 1.16 bits per heavy atom. The van der Waals surface area contributed by atoms with E-state index in [2.05, 4.69) is 32.0 Å². The Morgan fingerprint density at radius 3 is 2.47 bits per heavy atom. The molecule has 19 heavy (non-hydrogen) atoms. The number of hydrogen-bond donors (Lipinski definition) is 0. The van der Waals surface area contributed by atoms with E-state index in [-0.39, 0.29) is 11.7 Å². The lowest BCUT2D eigenvalue weighted by Crippen LogP contribution is -2.29. The number of hydrogen-bond acceptors (Lipinski definition) is 2. The van der Waals surface area contributed by atoms with Crippen LogP contribution in [-0.4, -0.2) is 30.2 Å². The molecule has 0 fully saturated rings. The van der Waals surface area contributed by atoms with Crippen LogP contribution in [0.15, 0.2) is 18.2 Å². The van der Waals surface area contributed by atoms with Gasteiger partial charge in [0, 0.05) is 26.4 Å². The van der Waals surface area contributed by atoms with Crippen molar-refractivity contribution < 1.29 is 9.59 Å². The fraction of sp³-hybridized carbons (Fsp3) is 0.500. The van der Waals surface area contributed by atoms with E-state index in [9.17, 15) is 9.59 Å². The fourth-order valence-electron chi connectivity index (χ4n) is 1.96. The summed E-state index contributed by atoms with van der Waals surface area (Å²) in [5.41, 5.74) is 3.78. The number of amides is 1. The van der Waals surface area contributed by atoms with E-state index in [0.717, 1.165) is 6.42 Å². The van der Waals surface area contributed by atoms with Gasteiger partial charge in [0.25, 0.3) is 0 Å². The molecule has 1 aromatic rings. The molecule has 0 radical (unpaired) electrons. The molecule has 0 heterocycles. The molecular formula is C16H23NO2. The number of aryl methyl sites for hydroxylation is 2. The maximum atomic E-state index is 11.8. The molecule has 0 unspecified atom stereocenters. The summed E-state index contributed by atoms with van der Waals surface area (Å²) >= 11 is 0. The first-order chi connectivity index (χ1) is 8.90. The molecule has 0 saturated heterocycles. The molecule has 0 spiro atoms. The molecule has 0 aromatic heterocycles.